The Morgan fingerprint density at radius 3 is 2.91 bits per heavy atom. The predicted octanol–water partition coefficient (Wildman–Crippen LogP) is 3.03. The monoisotopic (exact) mass is 341 g/mol. The molecule has 0 aliphatic carbocycles. The van der Waals surface area contributed by atoms with E-state index in [0.29, 0.717) is 36.7 Å². The van der Waals surface area contributed by atoms with Crippen molar-refractivity contribution in [1.29, 1.82) is 0 Å². The molecule has 0 aliphatic heterocycles. The summed E-state index contributed by atoms with van der Waals surface area (Å²) in [6, 6.07) is 5.67. The van der Waals surface area contributed by atoms with Crippen LogP contribution in [0.3, 0.4) is 0 Å². The molecule has 2 rings (SSSR count). The van der Waals surface area contributed by atoms with Crippen LogP contribution in [-0.2, 0) is 6.42 Å². The molecule has 22 heavy (non-hydrogen) atoms. The van der Waals surface area contributed by atoms with Gasteiger partial charge in [-0.05, 0) is 38.1 Å². The van der Waals surface area contributed by atoms with Gasteiger partial charge in [-0.25, -0.2) is 4.98 Å². The summed E-state index contributed by atoms with van der Waals surface area (Å²) in [5.74, 6) is 0.433. The van der Waals surface area contributed by atoms with Gasteiger partial charge in [0.15, 0.2) is 0 Å². The first kappa shape index (κ1) is 18.4. The molecule has 0 bridgehead atoms. The zero-order valence-corrected chi connectivity index (χ0v) is 14.2. The van der Waals surface area contributed by atoms with E-state index in [1.165, 1.54) is 11.3 Å². The maximum Gasteiger partial charge on any atom is 0.275 e. The zero-order valence-electron chi connectivity index (χ0n) is 12.6. The second-order valence-electron chi connectivity index (χ2n) is 4.55. The lowest BCUT2D eigenvalue weighted by Gasteiger charge is -2.11. The number of ether oxygens (including phenoxy) is 1. The van der Waals surface area contributed by atoms with Crippen molar-refractivity contribution < 1.29 is 9.53 Å². The Kier molecular flexibility index (Phi) is 7.31. The average molecular weight is 342 g/mol. The first-order valence-corrected chi connectivity index (χ1v) is 7.71. The molecule has 1 aromatic heterocycles. The van der Waals surface area contributed by atoms with Gasteiger partial charge in [0, 0.05) is 11.8 Å². The van der Waals surface area contributed by atoms with Crippen LogP contribution in [0.4, 0.5) is 5.69 Å². The summed E-state index contributed by atoms with van der Waals surface area (Å²) >= 11 is 1.45. The second-order valence-corrected chi connectivity index (χ2v) is 5.49. The SMILES string of the molecule is CCOc1cc(C)ccc1NC(=O)c1csc(CCN)n1.Cl. The lowest BCUT2D eigenvalue weighted by Crippen LogP contribution is -2.14. The number of carbonyl (C=O) groups is 1. The molecule has 2 aromatic rings. The van der Waals surface area contributed by atoms with Crippen molar-refractivity contribution in [3.63, 3.8) is 0 Å². The van der Waals surface area contributed by atoms with E-state index in [2.05, 4.69) is 10.3 Å². The van der Waals surface area contributed by atoms with E-state index in [4.69, 9.17) is 10.5 Å². The minimum absolute atomic E-state index is 0. The Morgan fingerprint density at radius 1 is 1.45 bits per heavy atom. The highest BCUT2D eigenvalue weighted by atomic mass is 35.5. The summed E-state index contributed by atoms with van der Waals surface area (Å²) in [6.07, 6.45) is 0.687. The number of thiazole rings is 1. The lowest BCUT2D eigenvalue weighted by atomic mass is 10.2. The van der Waals surface area contributed by atoms with Gasteiger partial charge in [0.1, 0.15) is 11.4 Å². The van der Waals surface area contributed by atoms with E-state index >= 15 is 0 Å². The fraction of sp³-hybridized carbons (Fsp3) is 0.333. The highest BCUT2D eigenvalue weighted by Gasteiger charge is 2.13. The number of benzene rings is 1. The first-order valence-electron chi connectivity index (χ1n) is 6.83. The molecule has 0 aliphatic rings. The number of rotatable bonds is 6. The molecule has 0 saturated heterocycles. The average Bonchev–Trinajstić information content (AvgIpc) is 2.91. The van der Waals surface area contributed by atoms with Crippen molar-refractivity contribution in [1.82, 2.24) is 4.98 Å². The fourth-order valence-corrected chi connectivity index (χ4v) is 2.64. The van der Waals surface area contributed by atoms with Gasteiger partial charge in [0.05, 0.1) is 17.3 Å². The Balaban J connectivity index is 0.00000242. The molecule has 7 heteroatoms. The quantitative estimate of drug-likeness (QED) is 0.846. The molecular weight excluding hydrogens is 322 g/mol. The van der Waals surface area contributed by atoms with Gasteiger partial charge in [-0.1, -0.05) is 6.07 Å². The number of anilines is 1. The molecule has 1 heterocycles. The lowest BCUT2D eigenvalue weighted by molar-refractivity contribution is 0.102. The molecule has 5 nitrogen and oxygen atoms in total. The molecule has 120 valence electrons. The summed E-state index contributed by atoms with van der Waals surface area (Å²) in [7, 11) is 0. The van der Waals surface area contributed by atoms with Crippen LogP contribution in [0.1, 0.15) is 28.0 Å². The van der Waals surface area contributed by atoms with Gasteiger partial charge in [-0.15, -0.1) is 23.7 Å². The van der Waals surface area contributed by atoms with Crippen LogP contribution in [0.5, 0.6) is 5.75 Å². The van der Waals surface area contributed by atoms with Crippen molar-refractivity contribution >= 4 is 35.3 Å². The van der Waals surface area contributed by atoms with Crippen LogP contribution in [0.15, 0.2) is 23.6 Å². The minimum Gasteiger partial charge on any atom is -0.492 e. The number of nitrogens with two attached hydrogens (primary N) is 1. The first-order chi connectivity index (χ1) is 10.1. The van der Waals surface area contributed by atoms with Crippen LogP contribution in [-0.4, -0.2) is 24.0 Å². The van der Waals surface area contributed by atoms with Crippen molar-refractivity contribution in [3.8, 4) is 5.75 Å². The molecule has 0 atom stereocenters. The van der Waals surface area contributed by atoms with Gasteiger partial charge < -0.3 is 15.8 Å². The van der Waals surface area contributed by atoms with Crippen molar-refractivity contribution in [2.75, 3.05) is 18.5 Å². The number of aromatic nitrogens is 1. The molecule has 1 amide bonds. The van der Waals surface area contributed by atoms with Gasteiger partial charge in [0.2, 0.25) is 0 Å². The Bertz CT molecular complexity index is 631. The van der Waals surface area contributed by atoms with Crippen molar-refractivity contribution in [2.24, 2.45) is 5.73 Å². The maximum atomic E-state index is 12.2. The topological polar surface area (TPSA) is 77.2 Å². The van der Waals surface area contributed by atoms with Gasteiger partial charge >= 0.3 is 0 Å². The molecule has 3 N–H and O–H groups in total. The van der Waals surface area contributed by atoms with Crippen LogP contribution in [0, 0.1) is 6.92 Å². The highest BCUT2D eigenvalue weighted by Crippen LogP contribution is 2.26. The summed E-state index contributed by atoms with van der Waals surface area (Å²) in [6.45, 7) is 4.96. The molecule has 0 radical (unpaired) electrons. The number of nitrogens with zero attached hydrogens (tertiary/aromatic N) is 1. The van der Waals surface area contributed by atoms with Crippen LogP contribution in [0.2, 0.25) is 0 Å². The van der Waals surface area contributed by atoms with E-state index in [9.17, 15) is 4.79 Å². The van der Waals surface area contributed by atoms with Gasteiger partial charge in [-0.2, -0.15) is 0 Å². The summed E-state index contributed by atoms with van der Waals surface area (Å²) in [4.78, 5) is 16.5. The molecule has 0 spiro atoms. The molecule has 0 unspecified atom stereocenters. The zero-order chi connectivity index (χ0) is 15.2. The van der Waals surface area contributed by atoms with E-state index in [1.807, 2.05) is 32.0 Å². The number of aryl methyl sites for hydroxylation is 1. The van der Waals surface area contributed by atoms with Crippen LogP contribution in [0.25, 0.3) is 0 Å². The Labute approximate surface area is 140 Å². The largest absolute Gasteiger partial charge is 0.492 e. The third-order valence-corrected chi connectivity index (χ3v) is 3.74. The third kappa shape index (κ3) is 4.69. The van der Waals surface area contributed by atoms with Gasteiger partial charge in [-0.3, -0.25) is 4.79 Å². The van der Waals surface area contributed by atoms with Crippen molar-refractivity contribution in [3.05, 3.63) is 39.8 Å². The number of halogens is 1. The number of amides is 1. The number of carbonyl (C=O) groups excluding carboxylic acids is 1. The van der Waals surface area contributed by atoms with E-state index in [-0.39, 0.29) is 18.3 Å². The molecule has 1 aromatic carbocycles. The summed E-state index contributed by atoms with van der Waals surface area (Å²) < 4.78 is 5.55. The highest BCUT2D eigenvalue weighted by molar-refractivity contribution is 7.09. The predicted molar refractivity (Wildman–Crippen MR) is 92.4 cm³/mol. The smallest absolute Gasteiger partial charge is 0.275 e. The summed E-state index contributed by atoms with van der Waals surface area (Å²) in [5, 5.41) is 5.46. The van der Waals surface area contributed by atoms with Crippen LogP contribution < -0.4 is 15.8 Å². The van der Waals surface area contributed by atoms with Gasteiger partial charge in [0.25, 0.3) is 5.91 Å². The van der Waals surface area contributed by atoms with Crippen molar-refractivity contribution in [2.45, 2.75) is 20.3 Å². The van der Waals surface area contributed by atoms with E-state index in [1.54, 1.807) is 5.38 Å². The third-order valence-electron chi connectivity index (χ3n) is 2.83. The fourth-order valence-electron chi connectivity index (χ4n) is 1.85. The van der Waals surface area contributed by atoms with E-state index in [0.717, 1.165) is 10.6 Å². The van der Waals surface area contributed by atoms with Crippen LogP contribution >= 0.6 is 23.7 Å². The second kappa shape index (κ2) is 8.73. The Hall–Kier alpha value is -1.63. The molecule has 0 saturated carbocycles. The molecular formula is C15H20ClN3O2S. The van der Waals surface area contributed by atoms with E-state index < -0.39 is 0 Å². The number of hydrogen-bond donors (Lipinski definition) is 2. The number of hydrogen-bond acceptors (Lipinski definition) is 5. The minimum atomic E-state index is -0.237. The number of nitrogens with one attached hydrogen (secondary N) is 1. The normalized spacial score (nSPS) is 9.95. The Morgan fingerprint density at radius 2 is 2.23 bits per heavy atom. The maximum absolute atomic E-state index is 12.2. The summed E-state index contributed by atoms with van der Waals surface area (Å²) in [5.41, 5.74) is 7.63. The standard InChI is InChI=1S/C15H19N3O2S.ClH/c1-3-20-13-8-10(2)4-5-11(13)18-15(19)12-9-21-14(17-12)6-7-16;/h4-5,8-9H,3,6-7,16H2,1-2H3,(H,18,19);1H. The molecule has 0 fully saturated rings.